The van der Waals surface area contributed by atoms with E-state index in [9.17, 15) is 19.5 Å². The van der Waals surface area contributed by atoms with E-state index < -0.39 is 35.7 Å². The number of carbonyl (C=O) groups excluding carboxylic acids is 2. The van der Waals surface area contributed by atoms with Crippen molar-refractivity contribution in [2.45, 2.75) is 162 Å². The molecule has 1 N–H and O–H groups in total. The average molecular weight is 553 g/mol. The first kappa shape index (κ1) is 35.4. The number of hydrogen-bond donors (Lipinski definition) is 1. The fourth-order valence-corrected chi connectivity index (χ4v) is 5.80. The molecule has 0 spiro atoms. The van der Waals surface area contributed by atoms with Gasteiger partial charge in [0, 0.05) is 0 Å². The molecule has 0 bridgehead atoms. The highest BCUT2D eigenvalue weighted by atomic mass is 16.5. The molecule has 3 unspecified atom stereocenters. The molecule has 0 heterocycles. The monoisotopic (exact) mass is 552 g/mol. The quantitative estimate of drug-likeness (QED) is 0.0897. The lowest BCUT2D eigenvalue weighted by molar-refractivity contribution is -0.170. The van der Waals surface area contributed by atoms with E-state index in [1.807, 2.05) is 0 Å². The molecule has 39 heavy (non-hydrogen) atoms. The SMILES string of the molecule is CCCCCCCCCCCCOC(=O)C1CCCC(C(=O)O)C1C(=O)OCCCCCCCCCCCC. The zero-order valence-electron chi connectivity index (χ0n) is 25.4. The molecule has 0 aliphatic heterocycles. The molecule has 6 nitrogen and oxygen atoms in total. The van der Waals surface area contributed by atoms with Crippen molar-refractivity contribution < 1.29 is 29.0 Å². The van der Waals surface area contributed by atoms with Crippen LogP contribution in [0.25, 0.3) is 0 Å². The van der Waals surface area contributed by atoms with Crippen LogP contribution in [-0.4, -0.2) is 36.2 Å². The summed E-state index contributed by atoms with van der Waals surface area (Å²) in [4.78, 5) is 37.7. The molecule has 1 aliphatic carbocycles. The third-order valence-electron chi connectivity index (χ3n) is 8.27. The van der Waals surface area contributed by atoms with Crippen LogP contribution in [0.4, 0.5) is 0 Å². The molecule has 1 fully saturated rings. The van der Waals surface area contributed by atoms with E-state index in [1.165, 1.54) is 89.9 Å². The van der Waals surface area contributed by atoms with Crippen molar-refractivity contribution >= 4 is 17.9 Å². The van der Waals surface area contributed by atoms with E-state index in [1.54, 1.807) is 0 Å². The molecule has 1 aliphatic rings. The Labute approximate surface area is 239 Å². The fourth-order valence-electron chi connectivity index (χ4n) is 5.80. The van der Waals surface area contributed by atoms with Gasteiger partial charge in [0.1, 0.15) is 0 Å². The standard InChI is InChI=1S/C33H60O6/c1-3-5-7-9-11-13-15-17-19-21-26-38-32(36)29-25-23-24-28(31(34)35)30(29)33(37)39-27-22-20-18-16-14-12-10-8-6-4-2/h28-30H,3-27H2,1-2H3,(H,34,35). The molecule has 0 radical (unpaired) electrons. The van der Waals surface area contributed by atoms with Gasteiger partial charge in [-0.15, -0.1) is 0 Å². The number of esters is 2. The Hall–Kier alpha value is -1.59. The zero-order chi connectivity index (χ0) is 28.6. The lowest BCUT2D eigenvalue weighted by Crippen LogP contribution is -2.43. The molecule has 228 valence electrons. The topological polar surface area (TPSA) is 89.9 Å². The summed E-state index contributed by atoms with van der Waals surface area (Å²) >= 11 is 0. The van der Waals surface area contributed by atoms with Crippen molar-refractivity contribution in [2.24, 2.45) is 17.8 Å². The maximum absolute atomic E-state index is 13.0. The number of carboxylic acid groups (broad SMARTS) is 1. The van der Waals surface area contributed by atoms with Crippen molar-refractivity contribution in [1.82, 2.24) is 0 Å². The first-order valence-electron chi connectivity index (χ1n) is 16.6. The van der Waals surface area contributed by atoms with Crippen LogP contribution in [0.3, 0.4) is 0 Å². The number of carboxylic acids is 1. The first-order valence-corrected chi connectivity index (χ1v) is 16.6. The lowest BCUT2D eigenvalue weighted by atomic mass is 9.72. The zero-order valence-corrected chi connectivity index (χ0v) is 25.4. The van der Waals surface area contributed by atoms with E-state index in [0.29, 0.717) is 32.5 Å². The maximum Gasteiger partial charge on any atom is 0.310 e. The van der Waals surface area contributed by atoms with Gasteiger partial charge in [-0.25, -0.2) is 0 Å². The Bertz CT molecular complexity index is 634. The number of unbranched alkanes of at least 4 members (excludes halogenated alkanes) is 18. The van der Waals surface area contributed by atoms with E-state index in [2.05, 4.69) is 13.8 Å². The fraction of sp³-hybridized carbons (Fsp3) is 0.909. The number of rotatable bonds is 25. The van der Waals surface area contributed by atoms with E-state index in [-0.39, 0.29) is 0 Å². The van der Waals surface area contributed by atoms with Crippen LogP contribution in [0.15, 0.2) is 0 Å². The Morgan fingerprint density at radius 2 is 0.897 bits per heavy atom. The van der Waals surface area contributed by atoms with Crippen LogP contribution in [-0.2, 0) is 23.9 Å². The minimum Gasteiger partial charge on any atom is -0.481 e. The Morgan fingerprint density at radius 1 is 0.538 bits per heavy atom. The molecule has 3 atom stereocenters. The van der Waals surface area contributed by atoms with Crippen molar-refractivity contribution in [3.05, 3.63) is 0 Å². The molecule has 1 saturated carbocycles. The van der Waals surface area contributed by atoms with Crippen LogP contribution in [0.1, 0.15) is 162 Å². The average Bonchev–Trinajstić information content (AvgIpc) is 2.93. The Balaban J connectivity index is 2.30. The highest BCUT2D eigenvalue weighted by Gasteiger charge is 2.46. The van der Waals surface area contributed by atoms with Crippen LogP contribution < -0.4 is 0 Å². The van der Waals surface area contributed by atoms with Gasteiger partial charge in [0.25, 0.3) is 0 Å². The number of carbonyl (C=O) groups is 3. The van der Waals surface area contributed by atoms with E-state index in [4.69, 9.17) is 9.47 Å². The second-order valence-electron chi connectivity index (χ2n) is 11.7. The van der Waals surface area contributed by atoms with Crippen molar-refractivity contribution in [3.8, 4) is 0 Å². The van der Waals surface area contributed by atoms with Gasteiger partial charge in [-0.1, -0.05) is 136 Å². The van der Waals surface area contributed by atoms with Gasteiger partial charge >= 0.3 is 17.9 Å². The highest BCUT2D eigenvalue weighted by Crippen LogP contribution is 2.37. The summed E-state index contributed by atoms with van der Waals surface area (Å²) in [6.45, 7) is 5.09. The predicted molar refractivity (Wildman–Crippen MR) is 158 cm³/mol. The van der Waals surface area contributed by atoms with E-state index in [0.717, 1.165) is 38.5 Å². The van der Waals surface area contributed by atoms with Gasteiger partial charge in [-0.05, 0) is 25.7 Å². The summed E-state index contributed by atoms with van der Waals surface area (Å²) in [6.07, 6.45) is 25.4. The van der Waals surface area contributed by atoms with E-state index >= 15 is 0 Å². The normalized spacial score (nSPS) is 19.1. The second-order valence-corrected chi connectivity index (χ2v) is 11.7. The summed E-state index contributed by atoms with van der Waals surface area (Å²) in [5.41, 5.74) is 0. The lowest BCUT2D eigenvalue weighted by Gasteiger charge is -2.33. The van der Waals surface area contributed by atoms with Gasteiger partial charge in [0.2, 0.25) is 0 Å². The minimum atomic E-state index is -1.02. The van der Waals surface area contributed by atoms with Crippen molar-refractivity contribution in [2.75, 3.05) is 13.2 Å². The number of aliphatic carboxylic acids is 1. The summed E-state index contributed by atoms with van der Waals surface area (Å²) in [7, 11) is 0. The van der Waals surface area contributed by atoms with Gasteiger partial charge in [0.05, 0.1) is 31.0 Å². The third-order valence-corrected chi connectivity index (χ3v) is 8.27. The molecular formula is C33H60O6. The van der Waals surface area contributed by atoms with Gasteiger partial charge < -0.3 is 14.6 Å². The highest BCUT2D eigenvalue weighted by molar-refractivity contribution is 5.87. The Morgan fingerprint density at radius 3 is 1.31 bits per heavy atom. The predicted octanol–water partition coefficient (Wildman–Crippen LogP) is 9.03. The smallest absolute Gasteiger partial charge is 0.310 e. The summed E-state index contributed by atoms with van der Waals surface area (Å²) in [6, 6.07) is 0. The van der Waals surface area contributed by atoms with Crippen LogP contribution >= 0.6 is 0 Å². The van der Waals surface area contributed by atoms with Crippen molar-refractivity contribution in [3.63, 3.8) is 0 Å². The summed E-state index contributed by atoms with van der Waals surface area (Å²) in [5, 5.41) is 9.73. The summed E-state index contributed by atoms with van der Waals surface area (Å²) in [5.74, 6) is -4.55. The molecule has 0 saturated heterocycles. The van der Waals surface area contributed by atoms with Gasteiger partial charge in [-0.2, -0.15) is 0 Å². The summed E-state index contributed by atoms with van der Waals surface area (Å²) < 4.78 is 11.0. The van der Waals surface area contributed by atoms with Crippen LogP contribution in [0.5, 0.6) is 0 Å². The molecule has 6 heteroatoms. The van der Waals surface area contributed by atoms with Gasteiger partial charge in [-0.3, -0.25) is 14.4 Å². The molecule has 1 rings (SSSR count). The number of hydrogen-bond acceptors (Lipinski definition) is 5. The number of ether oxygens (including phenoxy) is 2. The minimum absolute atomic E-state index is 0.290. The first-order chi connectivity index (χ1) is 19.0. The molecule has 0 amide bonds. The molecular weight excluding hydrogens is 492 g/mol. The van der Waals surface area contributed by atoms with Crippen LogP contribution in [0.2, 0.25) is 0 Å². The van der Waals surface area contributed by atoms with Crippen LogP contribution in [0, 0.1) is 17.8 Å². The molecule has 0 aromatic heterocycles. The second kappa shape index (κ2) is 24.2. The largest absolute Gasteiger partial charge is 0.481 e. The third kappa shape index (κ3) is 17.0. The van der Waals surface area contributed by atoms with Gasteiger partial charge in [0.15, 0.2) is 0 Å². The maximum atomic E-state index is 13.0. The van der Waals surface area contributed by atoms with Crippen molar-refractivity contribution in [1.29, 1.82) is 0 Å². The molecule has 0 aromatic carbocycles. The molecule has 0 aromatic rings. The Kier molecular flexibility index (Phi) is 22.0.